The molecule has 29 heavy (non-hydrogen) atoms. The summed E-state index contributed by atoms with van der Waals surface area (Å²) < 4.78 is 13.8. The van der Waals surface area contributed by atoms with Gasteiger partial charge < -0.3 is 10.6 Å². The van der Waals surface area contributed by atoms with Crippen LogP contribution in [-0.4, -0.2) is 38.8 Å². The number of anilines is 1. The Morgan fingerprint density at radius 2 is 1.90 bits per heavy atom. The highest BCUT2D eigenvalue weighted by molar-refractivity contribution is 7.99. The fraction of sp³-hybridized carbons (Fsp3) is 0.200. The number of rotatable bonds is 7. The minimum Gasteiger partial charge on any atom is -0.349 e. The van der Waals surface area contributed by atoms with E-state index in [0.717, 1.165) is 24.6 Å². The number of aromatic amines is 1. The second-order valence-corrected chi connectivity index (χ2v) is 7.52. The molecule has 1 heterocycles. The van der Waals surface area contributed by atoms with Crippen LogP contribution in [0.25, 0.3) is 11.4 Å². The molecular formula is C20H18FN5O2S. The van der Waals surface area contributed by atoms with Crippen LogP contribution < -0.4 is 10.6 Å². The van der Waals surface area contributed by atoms with E-state index < -0.39 is 5.82 Å². The zero-order chi connectivity index (χ0) is 20.2. The Morgan fingerprint density at radius 3 is 2.69 bits per heavy atom. The van der Waals surface area contributed by atoms with E-state index in [1.165, 1.54) is 6.07 Å². The normalized spacial score (nSPS) is 13.1. The first-order valence-corrected chi connectivity index (χ1v) is 10.1. The second kappa shape index (κ2) is 8.44. The maximum absolute atomic E-state index is 13.8. The van der Waals surface area contributed by atoms with Gasteiger partial charge in [0.25, 0.3) is 5.91 Å². The van der Waals surface area contributed by atoms with Crippen LogP contribution >= 0.6 is 11.8 Å². The third-order valence-corrected chi connectivity index (χ3v) is 5.13. The van der Waals surface area contributed by atoms with Gasteiger partial charge >= 0.3 is 0 Å². The molecule has 7 nitrogen and oxygen atoms in total. The number of amides is 2. The number of hydrogen-bond acceptors (Lipinski definition) is 5. The lowest BCUT2D eigenvalue weighted by atomic mass is 10.1. The standard InChI is InChI=1S/C20H18FN5O2S/c21-15-7-3-1-5-13(15)18-24-20(26-25-18)29-11-17(27)23-16-8-4-2-6-14(16)19(28)22-12-9-10-12/h1-8,12H,9-11H2,(H,22,28)(H,23,27)(H,24,25,26). The second-order valence-electron chi connectivity index (χ2n) is 6.58. The predicted octanol–water partition coefficient (Wildman–Crippen LogP) is 3.23. The van der Waals surface area contributed by atoms with Crippen LogP contribution in [0.1, 0.15) is 23.2 Å². The van der Waals surface area contributed by atoms with Crippen LogP contribution in [-0.2, 0) is 4.79 Å². The molecule has 0 saturated heterocycles. The molecule has 2 amide bonds. The third kappa shape index (κ3) is 4.80. The predicted molar refractivity (Wildman–Crippen MR) is 108 cm³/mol. The number of hydrogen-bond donors (Lipinski definition) is 3. The SMILES string of the molecule is O=C(CSc1n[nH]c(-c2ccccc2F)n1)Nc1ccccc1C(=O)NC1CC1. The number of carbonyl (C=O) groups excluding carboxylic acids is 2. The van der Waals surface area contributed by atoms with Crippen molar-refractivity contribution in [3.8, 4) is 11.4 Å². The van der Waals surface area contributed by atoms with Crippen molar-refractivity contribution in [1.82, 2.24) is 20.5 Å². The van der Waals surface area contributed by atoms with Crippen LogP contribution in [0.3, 0.4) is 0 Å². The summed E-state index contributed by atoms with van der Waals surface area (Å²) in [4.78, 5) is 28.9. The molecule has 3 aromatic rings. The van der Waals surface area contributed by atoms with Crippen LogP contribution in [0, 0.1) is 5.82 Å². The highest BCUT2D eigenvalue weighted by atomic mass is 32.2. The molecule has 4 rings (SSSR count). The average molecular weight is 411 g/mol. The number of benzene rings is 2. The Bertz CT molecular complexity index is 1050. The van der Waals surface area contributed by atoms with Gasteiger partial charge in [-0.05, 0) is 37.1 Å². The van der Waals surface area contributed by atoms with Gasteiger partial charge in [-0.3, -0.25) is 14.7 Å². The Kier molecular flexibility index (Phi) is 5.57. The van der Waals surface area contributed by atoms with Crippen LogP contribution in [0.5, 0.6) is 0 Å². The summed E-state index contributed by atoms with van der Waals surface area (Å²) in [5.41, 5.74) is 1.20. The molecule has 2 aromatic carbocycles. The highest BCUT2D eigenvalue weighted by Gasteiger charge is 2.25. The molecular weight excluding hydrogens is 393 g/mol. The number of H-pyrrole nitrogens is 1. The number of aromatic nitrogens is 3. The number of thioether (sulfide) groups is 1. The van der Waals surface area contributed by atoms with Gasteiger partial charge in [-0.25, -0.2) is 9.37 Å². The van der Waals surface area contributed by atoms with Crippen molar-refractivity contribution in [2.75, 3.05) is 11.1 Å². The van der Waals surface area contributed by atoms with Crippen molar-refractivity contribution in [1.29, 1.82) is 0 Å². The van der Waals surface area contributed by atoms with E-state index in [1.54, 1.807) is 42.5 Å². The van der Waals surface area contributed by atoms with Gasteiger partial charge in [0, 0.05) is 6.04 Å². The summed E-state index contributed by atoms with van der Waals surface area (Å²) >= 11 is 1.12. The maximum atomic E-state index is 13.8. The topological polar surface area (TPSA) is 99.8 Å². The van der Waals surface area contributed by atoms with Gasteiger partial charge in [-0.1, -0.05) is 36.0 Å². The van der Waals surface area contributed by atoms with Crippen molar-refractivity contribution < 1.29 is 14.0 Å². The maximum Gasteiger partial charge on any atom is 0.253 e. The molecule has 1 saturated carbocycles. The Morgan fingerprint density at radius 1 is 1.14 bits per heavy atom. The average Bonchev–Trinajstić information content (AvgIpc) is 3.41. The largest absolute Gasteiger partial charge is 0.349 e. The van der Waals surface area contributed by atoms with E-state index in [1.807, 2.05) is 0 Å². The molecule has 1 fully saturated rings. The molecule has 0 atom stereocenters. The molecule has 0 radical (unpaired) electrons. The number of nitrogens with one attached hydrogen (secondary N) is 3. The van der Waals surface area contributed by atoms with Gasteiger partial charge in [0.05, 0.1) is 22.6 Å². The molecule has 3 N–H and O–H groups in total. The number of carbonyl (C=O) groups is 2. The van der Waals surface area contributed by atoms with Gasteiger partial charge in [0.15, 0.2) is 5.82 Å². The molecule has 0 unspecified atom stereocenters. The van der Waals surface area contributed by atoms with Gasteiger partial charge in [0.1, 0.15) is 5.82 Å². The van der Waals surface area contributed by atoms with Gasteiger partial charge in [-0.2, -0.15) is 0 Å². The lowest BCUT2D eigenvalue weighted by molar-refractivity contribution is -0.113. The van der Waals surface area contributed by atoms with Gasteiger partial charge in [0.2, 0.25) is 11.1 Å². The Balaban J connectivity index is 1.36. The molecule has 1 aromatic heterocycles. The van der Waals surface area contributed by atoms with Crippen molar-refractivity contribution in [2.45, 2.75) is 24.0 Å². The first-order chi connectivity index (χ1) is 14.1. The summed E-state index contributed by atoms with van der Waals surface area (Å²) in [6, 6.07) is 13.3. The molecule has 0 bridgehead atoms. The summed E-state index contributed by atoms with van der Waals surface area (Å²) in [5.74, 6) is -0.543. The van der Waals surface area contributed by atoms with E-state index in [9.17, 15) is 14.0 Å². The van der Waals surface area contributed by atoms with Crippen molar-refractivity contribution >= 4 is 29.3 Å². The van der Waals surface area contributed by atoms with Crippen LogP contribution in [0.15, 0.2) is 53.7 Å². The first kappa shape index (κ1) is 19.1. The van der Waals surface area contributed by atoms with E-state index >= 15 is 0 Å². The summed E-state index contributed by atoms with van der Waals surface area (Å²) in [6.07, 6.45) is 1.98. The number of halogens is 1. The fourth-order valence-electron chi connectivity index (χ4n) is 2.68. The summed E-state index contributed by atoms with van der Waals surface area (Å²) in [5, 5.41) is 12.7. The number of para-hydroxylation sites is 1. The quantitative estimate of drug-likeness (QED) is 0.519. The molecule has 0 spiro atoms. The molecule has 9 heteroatoms. The zero-order valence-corrected chi connectivity index (χ0v) is 16.1. The van der Waals surface area contributed by atoms with E-state index in [2.05, 4.69) is 25.8 Å². The Labute approximate surface area is 170 Å². The highest BCUT2D eigenvalue weighted by Crippen LogP contribution is 2.23. The molecule has 1 aliphatic carbocycles. The minimum absolute atomic E-state index is 0.0488. The molecule has 1 aliphatic rings. The zero-order valence-electron chi connectivity index (χ0n) is 15.3. The van der Waals surface area contributed by atoms with Crippen LogP contribution in [0.2, 0.25) is 0 Å². The molecule has 0 aliphatic heterocycles. The smallest absolute Gasteiger partial charge is 0.253 e. The van der Waals surface area contributed by atoms with E-state index in [0.29, 0.717) is 27.8 Å². The van der Waals surface area contributed by atoms with E-state index in [4.69, 9.17) is 0 Å². The fourth-order valence-corrected chi connectivity index (χ4v) is 3.28. The van der Waals surface area contributed by atoms with E-state index in [-0.39, 0.29) is 23.6 Å². The first-order valence-electron chi connectivity index (χ1n) is 9.10. The summed E-state index contributed by atoms with van der Waals surface area (Å²) in [7, 11) is 0. The van der Waals surface area contributed by atoms with Crippen molar-refractivity contribution in [3.05, 3.63) is 59.9 Å². The lowest BCUT2D eigenvalue weighted by Crippen LogP contribution is -2.27. The lowest BCUT2D eigenvalue weighted by Gasteiger charge is -2.10. The molecule has 148 valence electrons. The van der Waals surface area contributed by atoms with Crippen molar-refractivity contribution in [3.63, 3.8) is 0 Å². The minimum atomic E-state index is -0.404. The number of nitrogens with zero attached hydrogens (tertiary/aromatic N) is 2. The Hall–Kier alpha value is -3.20. The van der Waals surface area contributed by atoms with Crippen molar-refractivity contribution in [2.24, 2.45) is 0 Å². The van der Waals surface area contributed by atoms with Gasteiger partial charge in [-0.15, -0.1) is 5.10 Å². The monoisotopic (exact) mass is 411 g/mol. The van der Waals surface area contributed by atoms with Crippen LogP contribution in [0.4, 0.5) is 10.1 Å². The third-order valence-electron chi connectivity index (χ3n) is 4.28. The summed E-state index contributed by atoms with van der Waals surface area (Å²) in [6.45, 7) is 0.